The first-order valence-corrected chi connectivity index (χ1v) is 10.5. The maximum Gasteiger partial charge on any atom is 0.211 e. The Morgan fingerprint density at radius 1 is 1.28 bits per heavy atom. The summed E-state index contributed by atoms with van der Waals surface area (Å²) in [5.41, 5.74) is 0.786. The molecule has 0 atom stereocenters. The van der Waals surface area contributed by atoms with E-state index in [-0.39, 0.29) is 19.7 Å². The second-order valence-electron chi connectivity index (χ2n) is 6.20. The molecule has 0 saturated carbocycles. The van der Waals surface area contributed by atoms with Gasteiger partial charge in [0.1, 0.15) is 18.2 Å². The van der Waals surface area contributed by atoms with Gasteiger partial charge in [-0.3, -0.25) is 0 Å². The van der Waals surface area contributed by atoms with Crippen LogP contribution in [0.3, 0.4) is 0 Å². The zero-order chi connectivity index (χ0) is 17.9. The van der Waals surface area contributed by atoms with Gasteiger partial charge in [0.15, 0.2) is 0 Å². The fourth-order valence-corrected chi connectivity index (χ4v) is 3.79. The molecule has 2 heterocycles. The van der Waals surface area contributed by atoms with E-state index in [1.54, 1.807) is 24.3 Å². The number of imidazole rings is 1. The minimum Gasteiger partial charge on any atom is -0.492 e. The minimum atomic E-state index is -3.34. The fourth-order valence-electron chi connectivity index (χ4n) is 2.89. The summed E-state index contributed by atoms with van der Waals surface area (Å²) in [7, 11) is -3.34. The first-order chi connectivity index (χ1) is 11.9. The molecule has 0 aliphatic carbocycles. The average Bonchev–Trinajstić information content (AvgIpc) is 2.97. The molecule has 136 valence electrons. The quantitative estimate of drug-likeness (QED) is 0.737. The second kappa shape index (κ2) is 7.76. The van der Waals surface area contributed by atoms with Crippen molar-refractivity contribution in [3.63, 3.8) is 0 Å². The van der Waals surface area contributed by atoms with Gasteiger partial charge in [0.05, 0.1) is 18.5 Å². The van der Waals surface area contributed by atoms with Gasteiger partial charge < -0.3 is 9.30 Å². The SMILES string of the molecule is CS(=O)(=O)N(CCOc1ccc(Cl)cc1)Cc1cn2c(n1)CCCC2. The average molecular weight is 384 g/mol. The zero-order valence-electron chi connectivity index (χ0n) is 14.2. The number of sulfonamides is 1. The maximum atomic E-state index is 12.1. The van der Waals surface area contributed by atoms with E-state index in [9.17, 15) is 8.42 Å². The molecule has 1 aromatic heterocycles. The molecule has 25 heavy (non-hydrogen) atoms. The molecule has 0 saturated heterocycles. The van der Waals surface area contributed by atoms with Gasteiger partial charge in [-0.2, -0.15) is 4.31 Å². The van der Waals surface area contributed by atoms with Crippen LogP contribution in [0.15, 0.2) is 30.5 Å². The molecule has 1 aromatic carbocycles. The molecule has 1 aliphatic heterocycles. The van der Waals surface area contributed by atoms with E-state index in [0.29, 0.717) is 10.8 Å². The third kappa shape index (κ3) is 4.96. The van der Waals surface area contributed by atoms with E-state index in [2.05, 4.69) is 9.55 Å². The Labute approximate surface area is 153 Å². The maximum absolute atomic E-state index is 12.1. The van der Waals surface area contributed by atoms with Crippen molar-refractivity contribution < 1.29 is 13.2 Å². The number of nitrogens with zero attached hydrogens (tertiary/aromatic N) is 3. The van der Waals surface area contributed by atoms with Crippen LogP contribution in [0, 0.1) is 0 Å². The van der Waals surface area contributed by atoms with Crippen molar-refractivity contribution in [3.05, 3.63) is 47.0 Å². The van der Waals surface area contributed by atoms with Crippen LogP contribution in [0.1, 0.15) is 24.4 Å². The number of ether oxygens (including phenoxy) is 1. The molecule has 0 N–H and O–H groups in total. The Morgan fingerprint density at radius 3 is 2.72 bits per heavy atom. The molecule has 0 amide bonds. The lowest BCUT2D eigenvalue weighted by molar-refractivity contribution is 0.269. The number of aromatic nitrogens is 2. The standard InChI is InChI=1S/C17H22ClN3O3S/c1-25(22,23)21(10-11-24-16-7-5-14(18)6-8-16)13-15-12-20-9-3-2-4-17(20)19-15/h5-8,12H,2-4,9-11,13H2,1H3. The van der Waals surface area contributed by atoms with Crippen molar-refractivity contribution in [3.8, 4) is 5.75 Å². The fraction of sp³-hybridized carbons (Fsp3) is 0.471. The molecule has 8 heteroatoms. The zero-order valence-corrected chi connectivity index (χ0v) is 15.8. The number of hydrogen-bond donors (Lipinski definition) is 0. The smallest absolute Gasteiger partial charge is 0.211 e. The topological polar surface area (TPSA) is 64.4 Å². The van der Waals surface area contributed by atoms with E-state index < -0.39 is 10.0 Å². The van der Waals surface area contributed by atoms with E-state index >= 15 is 0 Å². The highest BCUT2D eigenvalue weighted by Crippen LogP contribution is 2.17. The number of benzene rings is 1. The molecular formula is C17H22ClN3O3S. The lowest BCUT2D eigenvalue weighted by Crippen LogP contribution is -2.33. The van der Waals surface area contributed by atoms with Crippen LogP contribution >= 0.6 is 11.6 Å². The van der Waals surface area contributed by atoms with Crippen LogP contribution in [0.5, 0.6) is 5.75 Å². The first kappa shape index (κ1) is 18.2. The third-order valence-corrected chi connectivity index (χ3v) is 5.69. The van der Waals surface area contributed by atoms with Gasteiger partial charge in [0.25, 0.3) is 0 Å². The van der Waals surface area contributed by atoms with Crippen molar-refractivity contribution >= 4 is 21.6 Å². The summed E-state index contributed by atoms with van der Waals surface area (Å²) in [5.74, 6) is 1.71. The Morgan fingerprint density at radius 2 is 2.04 bits per heavy atom. The van der Waals surface area contributed by atoms with Gasteiger partial charge in [-0.15, -0.1) is 0 Å². The number of fused-ring (bicyclic) bond motifs is 1. The van der Waals surface area contributed by atoms with Crippen LogP contribution in [-0.4, -0.2) is 41.7 Å². The Balaban J connectivity index is 1.62. The number of rotatable bonds is 7. The summed E-state index contributed by atoms with van der Waals surface area (Å²) in [6.45, 7) is 1.76. The molecule has 0 radical (unpaired) electrons. The number of hydrogen-bond acceptors (Lipinski definition) is 4. The van der Waals surface area contributed by atoms with Crippen LogP contribution in [0.25, 0.3) is 0 Å². The van der Waals surface area contributed by atoms with E-state index in [0.717, 1.165) is 37.3 Å². The van der Waals surface area contributed by atoms with Gasteiger partial charge in [-0.25, -0.2) is 13.4 Å². The summed E-state index contributed by atoms with van der Waals surface area (Å²) in [5, 5.41) is 0.633. The van der Waals surface area contributed by atoms with Crippen LogP contribution in [0.2, 0.25) is 5.02 Å². The highest BCUT2D eigenvalue weighted by molar-refractivity contribution is 7.88. The number of halogens is 1. The van der Waals surface area contributed by atoms with Crippen molar-refractivity contribution in [2.45, 2.75) is 32.4 Å². The number of aryl methyl sites for hydroxylation is 2. The lowest BCUT2D eigenvalue weighted by Gasteiger charge is -2.19. The molecular weight excluding hydrogens is 362 g/mol. The summed E-state index contributed by atoms with van der Waals surface area (Å²) < 4.78 is 33.3. The predicted octanol–water partition coefficient (Wildman–Crippen LogP) is 2.71. The largest absolute Gasteiger partial charge is 0.492 e. The van der Waals surface area contributed by atoms with Gasteiger partial charge in [-0.05, 0) is 37.1 Å². The Hall–Kier alpha value is -1.57. The molecule has 0 unspecified atom stereocenters. The van der Waals surface area contributed by atoms with Crippen LogP contribution in [0.4, 0.5) is 0 Å². The van der Waals surface area contributed by atoms with Crippen LogP contribution < -0.4 is 4.74 Å². The molecule has 6 nitrogen and oxygen atoms in total. The summed E-state index contributed by atoms with van der Waals surface area (Å²) >= 11 is 5.84. The lowest BCUT2D eigenvalue weighted by atomic mass is 10.2. The molecule has 2 aromatic rings. The van der Waals surface area contributed by atoms with Crippen molar-refractivity contribution in [1.29, 1.82) is 0 Å². The highest BCUT2D eigenvalue weighted by Gasteiger charge is 2.20. The minimum absolute atomic E-state index is 0.266. The predicted molar refractivity (Wildman–Crippen MR) is 97.4 cm³/mol. The molecule has 0 fully saturated rings. The first-order valence-electron chi connectivity index (χ1n) is 8.30. The van der Waals surface area contributed by atoms with E-state index in [4.69, 9.17) is 16.3 Å². The Kier molecular flexibility index (Phi) is 5.66. The summed E-state index contributed by atoms with van der Waals surface area (Å²) in [6.07, 6.45) is 6.42. The van der Waals surface area contributed by atoms with Gasteiger partial charge in [0, 0.05) is 30.7 Å². The van der Waals surface area contributed by atoms with E-state index in [1.807, 2.05) is 6.20 Å². The van der Waals surface area contributed by atoms with Crippen LogP contribution in [-0.2, 0) is 29.5 Å². The normalized spacial score (nSPS) is 14.5. The summed E-state index contributed by atoms with van der Waals surface area (Å²) in [4.78, 5) is 4.58. The molecule has 0 spiro atoms. The second-order valence-corrected chi connectivity index (χ2v) is 8.62. The van der Waals surface area contributed by atoms with Gasteiger partial charge >= 0.3 is 0 Å². The van der Waals surface area contributed by atoms with Crippen molar-refractivity contribution in [2.24, 2.45) is 0 Å². The van der Waals surface area contributed by atoms with Gasteiger partial charge in [-0.1, -0.05) is 11.6 Å². The highest BCUT2D eigenvalue weighted by atomic mass is 35.5. The third-order valence-electron chi connectivity index (χ3n) is 4.19. The molecule has 0 bridgehead atoms. The molecule has 3 rings (SSSR count). The summed E-state index contributed by atoms with van der Waals surface area (Å²) in [6, 6.07) is 6.99. The molecule has 1 aliphatic rings. The van der Waals surface area contributed by atoms with Gasteiger partial charge in [0.2, 0.25) is 10.0 Å². The van der Waals surface area contributed by atoms with Crippen molar-refractivity contribution in [1.82, 2.24) is 13.9 Å². The Bertz CT molecular complexity index is 795. The van der Waals surface area contributed by atoms with E-state index in [1.165, 1.54) is 10.6 Å². The van der Waals surface area contributed by atoms with Crippen molar-refractivity contribution in [2.75, 3.05) is 19.4 Å². The monoisotopic (exact) mass is 383 g/mol.